The minimum Gasteiger partial charge on any atom is -0.411 e. The first-order chi connectivity index (χ1) is 4.37. The summed E-state index contributed by atoms with van der Waals surface area (Å²) < 4.78 is 0. The van der Waals surface area contributed by atoms with Gasteiger partial charge in [-0.05, 0) is 12.8 Å². The number of hydrogen-bond donors (Lipinski definition) is 2. The molecule has 2 aliphatic rings. The maximum absolute atomic E-state index is 8.49. The van der Waals surface area contributed by atoms with Gasteiger partial charge < -0.3 is 10.5 Å². The van der Waals surface area contributed by atoms with Crippen molar-refractivity contribution in [3.63, 3.8) is 0 Å². The van der Waals surface area contributed by atoms with E-state index in [2.05, 4.69) is 10.5 Å². The molecule has 1 saturated carbocycles. The van der Waals surface area contributed by atoms with Crippen LogP contribution in [0.2, 0.25) is 0 Å². The van der Waals surface area contributed by atoms with E-state index in [1.807, 2.05) is 0 Å². The van der Waals surface area contributed by atoms with Crippen molar-refractivity contribution >= 4 is 5.71 Å². The smallest absolute Gasteiger partial charge is 0.0782 e. The van der Waals surface area contributed by atoms with Crippen LogP contribution in [0.4, 0.5) is 0 Å². The fourth-order valence-corrected chi connectivity index (χ4v) is 1.47. The van der Waals surface area contributed by atoms with Crippen LogP contribution in [-0.4, -0.2) is 24.0 Å². The van der Waals surface area contributed by atoms with E-state index in [-0.39, 0.29) is 0 Å². The van der Waals surface area contributed by atoms with E-state index in [1.165, 1.54) is 12.8 Å². The lowest BCUT2D eigenvalue weighted by Crippen LogP contribution is -2.11. The minimum atomic E-state index is 0.300. The van der Waals surface area contributed by atoms with Crippen molar-refractivity contribution in [2.24, 2.45) is 10.6 Å². The Morgan fingerprint density at radius 2 is 2.33 bits per heavy atom. The summed E-state index contributed by atoms with van der Waals surface area (Å²) in [4.78, 5) is 0. The Morgan fingerprint density at radius 3 is 2.78 bits per heavy atom. The van der Waals surface area contributed by atoms with Crippen molar-refractivity contribution in [1.29, 1.82) is 0 Å². The third-order valence-corrected chi connectivity index (χ3v) is 2.34. The van der Waals surface area contributed by atoms with E-state index in [1.54, 1.807) is 0 Å². The quantitative estimate of drug-likeness (QED) is 0.359. The molecule has 0 unspecified atom stereocenters. The van der Waals surface area contributed by atoms with Gasteiger partial charge in [0.25, 0.3) is 0 Å². The highest BCUT2D eigenvalue weighted by molar-refractivity contribution is 5.95. The molecule has 0 aromatic heterocycles. The highest BCUT2D eigenvalue weighted by atomic mass is 16.4. The predicted molar refractivity (Wildman–Crippen MR) is 33.8 cm³/mol. The number of nitrogens with one attached hydrogen (secondary N) is 1. The van der Waals surface area contributed by atoms with Crippen LogP contribution in [0.5, 0.6) is 0 Å². The molecular weight excluding hydrogens is 116 g/mol. The average molecular weight is 126 g/mol. The first kappa shape index (κ1) is 5.23. The molecule has 50 valence electrons. The Kier molecular flexibility index (Phi) is 0.858. The van der Waals surface area contributed by atoms with Gasteiger partial charge in [0, 0.05) is 18.5 Å². The highest BCUT2D eigenvalue weighted by Gasteiger charge is 2.50. The Morgan fingerprint density at radius 1 is 1.56 bits per heavy atom. The third kappa shape index (κ3) is 0.580. The van der Waals surface area contributed by atoms with Gasteiger partial charge in [0.15, 0.2) is 0 Å². The minimum absolute atomic E-state index is 0.300. The summed E-state index contributed by atoms with van der Waals surface area (Å²) in [5, 5.41) is 14.9. The molecule has 1 spiro atoms. The summed E-state index contributed by atoms with van der Waals surface area (Å²) in [6.45, 7) is 1.81. The molecule has 3 nitrogen and oxygen atoms in total. The zero-order valence-corrected chi connectivity index (χ0v) is 5.22. The summed E-state index contributed by atoms with van der Waals surface area (Å²) in [5.74, 6) is 0. The molecule has 2 rings (SSSR count). The van der Waals surface area contributed by atoms with Crippen molar-refractivity contribution in [3.05, 3.63) is 0 Å². The molecule has 0 bridgehead atoms. The summed E-state index contributed by atoms with van der Waals surface area (Å²) in [7, 11) is 0. The van der Waals surface area contributed by atoms with E-state index < -0.39 is 0 Å². The normalized spacial score (nSPS) is 34.0. The molecule has 1 saturated heterocycles. The Bertz CT molecular complexity index is 160. The zero-order valence-electron chi connectivity index (χ0n) is 5.22. The van der Waals surface area contributed by atoms with Gasteiger partial charge in [-0.2, -0.15) is 0 Å². The number of oxime groups is 1. The molecule has 2 fully saturated rings. The summed E-state index contributed by atoms with van der Waals surface area (Å²) in [6.07, 6.45) is 2.42. The fourth-order valence-electron chi connectivity index (χ4n) is 1.47. The van der Waals surface area contributed by atoms with Gasteiger partial charge in [0.05, 0.1) is 5.71 Å². The summed E-state index contributed by atoms with van der Waals surface area (Å²) in [6, 6.07) is 0. The van der Waals surface area contributed by atoms with Gasteiger partial charge >= 0.3 is 0 Å². The van der Waals surface area contributed by atoms with Crippen molar-refractivity contribution in [2.75, 3.05) is 13.1 Å². The largest absolute Gasteiger partial charge is 0.411 e. The van der Waals surface area contributed by atoms with Crippen LogP contribution in [-0.2, 0) is 0 Å². The van der Waals surface area contributed by atoms with Crippen LogP contribution in [0.15, 0.2) is 5.16 Å². The van der Waals surface area contributed by atoms with Gasteiger partial charge in [0.1, 0.15) is 0 Å². The van der Waals surface area contributed by atoms with Crippen LogP contribution in [0.25, 0.3) is 0 Å². The Balaban J connectivity index is 2.23. The lowest BCUT2D eigenvalue weighted by molar-refractivity contribution is 0.315. The third-order valence-electron chi connectivity index (χ3n) is 2.34. The zero-order chi connectivity index (χ0) is 6.32. The van der Waals surface area contributed by atoms with E-state index in [4.69, 9.17) is 5.21 Å². The molecule has 1 aliphatic carbocycles. The first-order valence-corrected chi connectivity index (χ1v) is 3.29. The van der Waals surface area contributed by atoms with Crippen LogP contribution in [0, 0.1) is 5.41 Å². The summed E-state index contributed by atoms with van der Waals surface area (Å²) >= 11 is 0. The monoisotopic (exact) mass is 126 g/mol. The van der Waals surface area contributed by atoms with E-state index in [0.717, 1.165) is 18.8 Å². The van der Waals surface area contributed by atoms with Crippen LogP contribution < -0.4 is 5.32 Å². The van der Waals surface area contributed by atoms with Crippen molar-refractivity contribution in [3.8, 4) is 0 Å². The maximum Gasteiger partial charge on any atom is 0.0782 e. The maximum atomic E-state index is 8.49. The van der Waals surface area contributed by atoms with Crippen molar-refractivity contribution < 1.29 is 5.21 Å². The number of hydrogen-bond acceptors (Lipinski definition) is 3. The van der Waals surface area contributed by atoms with Crippen LogP contribution in [0.1, 0.15) is 12.8 Å². The lowest BCUT2D eigenvalue weighted by Gasteiger charge is -2.00. The van der Waals surface area contributed by atoms with Gasteiger partial charge in [-0.3, -0.25) is 0 Å². The Hall–Kier alpha value is -0.570. The molecular formula is C6H10N2O. The van der Waals surface area contributed by atoms with E-state index in [0.29, 0.717) is 5.41 Å². The first-order valence-electron chi connectivity index (χ1n) is 3.29. The van der Waals surface area contributed by atoms with Crippen molar-refractivity contribution in [1.82, 2.24) is 5.32 Å². The van der Waals surface area contributed by atoms with Gasteiger partial charge in [-0.25, -0.2) is 0 Å². The average Bonchev–Trinajstić information content (AvgIpc) is 2.45. The SMILES string of the molecule is ON=C1CNCC12CC2. The van der Waals surface area contributed by atoms with E-state index in [9.17, 15) is 0 Å². The van der Waals surface area contributed by atoms with Crippen molar-refractivity contribution in [2.45, 2.75) is 12.8 Å². The molecule has 0 aromatic rings. The molecule has 0 aromatic carbocycles. The van der Waals surface area contributed by atoms with E-state index >= 15 is 0 Å². The fraction of sp³-hybridized carbons (Fsp3) is 0.833. The second-order valence-corrected chi connectivity index (χ2v) is 2.93. The second-order valence-electron chi connectivity index (χ2n) is 2.93. The molecule has 1 aliphatic heterocycles. The highest BCUT2D eigenvalue weighted by Crippen LogP contribution is 2.48. The number of rotatable bonds is 0. The van der Waals surface area contributed by atoms with Gasteiger partial charge in [-0.1, -0.05) is 5.16 Å². The topological polar surface area (TPSA) is 44.6 Å². The van der Waals surface area contributed by atoms with Gasteiger partial charge in [-0.15, -0.1) is 0 Å². The molecule has 2 N–H and O–H groups in total. The molecule has 0 radical (unpaired) electrons. The molecule has 3 heteroatoms. The molecule has 9 heavy (non-hydrogen) atoms. The lowest BCUT2D eigenvalue weighted by atomic mass is 10.1. The Labute approximate surface area is 53.7 Å². The molecule has 0 amide bonds. The summed E-state index contributed by atoms with van der Waals surface area (Å²) in [5.41, 5.74) is 1.26. The molecule has 1 heterocycles. The van der Waals surface area contributed by atoms with Crippen LogP contribution >= 0.6 is 0 Å². The second kappa shape index (κ2) is 1.48. The predicted octanol–water partition coefficient (Wildman–Crippen LogP) is 0.200. The number of nitrogens with zero attached hydrogens (tertiary/aromatic N) is 1. The standard InChI is InChI=1S/C6H10N2O/c9-8-5-3-7-4-6(5)1-2-6/h7,9H,1-4H2. The van der Waals surface area contributed by atoms with Crippen LogP contribution in [0.3, 0.4) is 0 Å². The van der Waals surface area contributed by atoms with Gasteiger partial charge in [0.2, 0.25) is 0 Å². The molecule has 0 atom stereocenters.